The van der Waals surface area contributed by atoms with Crippen LogP contribution in [-0.4, -0.2) is 10.9 Å². The number of hydrogen-bond acceptors (Lipinski definition) is 7. The molecule has 1 aliphatic rings. The molecule has 0 aliphatic carbocycles. The zero-order chi connectivity index (χ0) is 26.6. The van der Waals surface area contributed by atoms with E-state index in [0.717, 1.165) is 11.5 Å². The second-order valence-corrected chi connectivity index (χ2v) is 10.8. The van der Waals surface area contributed by atoms with Gasteiger partial charge in [-0.3, -0.25) is 19.3 Å². The van der Waals surface area contributed by atoms with Crippen molar-refractivity contribution in [3.8, 4) is 0 Å². The van der Waals surface area contributed by atoms with Gasteiger partial charge in [-0.2, -0.15) is 0 Å². The third kappa shape index (κ3) is 4.31. The van der Waals surface area contributed by atoms with E-state index >= 15 is 0 Å². The van der Waals surface area contributed by atoms with Crippen LogP contribution >= 0.6 is 11.6 Å². The molecule has 2 aromatic heterocycles. The first-order valence-corrected chi connectivity index (χ1v) is 12.3. The first kappa shape index (κ1) is 24.8. The van der Waals surface area contributed by atoms with Crippen molar-refractivity contribution < 1.29 is 9.21 Å². The molecule has 0 radical (unpaired) electrons. The number of nitrogens with zero attached hydrogens (tertiary/aromatic N) is 2. The molecule has 0 bridgehead atoms. The lowest BCUT2D eigenvalue weighted by molar-refractivity contribution is 0.0996. The van der Waals surface area contributed by atoms with Crippen LogP contribution in [0.4, 0.5) is 22.9 Å². The average Bonchev–Trinajstić information content (AvgIpc) is 3.42. The van der Waals surface area contributed by atoms with E-state index in [9.17, 15) is 14.4 Å². The molecule has 0 saturated carbocycles. The minimum Gasteiger partial charge on any atom is -0.464 e. The van der Waals surface area contributed by atoms with Crippen LogP contribution in [0.25, 0.3) is 0 Å². The Morgan fingerprint density at radius 1 is 1.00 bits per heavy atom. The summed E-state index contributed by atoms with van der Waals surface area (Å²) in [6.07, 6.45) is 0. The van der Waals surface area contributed by atoms with Crippen molar-refractivity contribution in [2.24, 2.45) is 5.41 Å². The second-order valence-electron chi connectivity index (χ2n) is 10.4. The number of carbonyl (C=O) groups is 1. The number of aromatic nitrogens is 1. The summed E-state index contributed by atoms with van der Waals surface area (Å²) >= 11 is 6.46. The summed E-state index contributed by atoms with van der Waals surface area (Å²) in [6, 6.07) is 12.1. The van der Waals surface area contributed by atoms with E-state index in [0.29, 0.717) is 33.4 Å². The molecule has 4 aromatic rings. The molecule has 1 atom stereocenters. The SMILES string of the molecule is Cc1cccc(N2Cc3c(Cl)ccc(Nc4c(N[C@@H](c5ccc(C)o5)C(C)(C)C)c(=O)c4=O)c3C2=O)n1. The average molecular weight is 519 g/mol. The molecule has 0 unspecified atom stereocenters. The van der Waals surface area contributed by atoms with Crippen molar-refractivity contribution >= 4 is 40.4 Å². The highest BCUT2D eigenvalue weighted by atomic mass is 35.5. The number of amides is 1. The fraction of sp³-hybridized carbons (Fsp3) is 0.286. The van der Waals surface area contributed by atoms with Gasteiger partial charge in [-0.25, -0.2) is 4.98 Å². The lowest BCUT2D eigenvalue weighted by Gasteiger charge is -2.31. The van der Waals surface area contributed by atoms with Crippen LogP contribution in [0, 0.1) is 19.3 Å². The highest BCUT2D eigenvalue weighted by molar-refractivity contribution is 6.33. The van der Waals surface area contributed by atoms with E-state index in [1.807, 2.05) is 58.9 Å². The Bertz CT molecular complexity index is 1610. The van der Waals surface area contributed by atoms with Gasteiger partial charge in [-0.05, 0) is 55.7 Å². The maximum atomic E-state index is 13.5. The molecule has 37 heavy (non-hydrogen) atoms. The molecule has 8 nitrogen and oxygen atoms in total. The molecule has 190 valence electrons. The van der Waals surface area contributed by atoms with Gasteiger partial charge in [0.05, 0.1) is 23.8 Å². The number of rotatable bonds is 6. The Kier molecular flexibility index (Phi) is 5.95. The number of nitrogens with one attached hydrogen (secondary N) is 2. The molecule has 9 heteroatoms. The van der Waals surface area contributed by atoms with Gasteiger partial charge in [0.15, 0.2) is 0 Å². The third-order valence-corrected chi connectivity index (χ3v) is 6.91. The maximum absolute atomic E-state index is 13.5. The van der Waals surface area contributed by atoms with Crippen LogP contribution in [0.5, 0.6) is 0 Å². The Morgan fingerprint density at radius 2 is 1.73 bits per heavy atom. The molecule has 1 aliphatic heterocycles. The zero-order valence-electron chi connectivity index (χ0n) is 21.2. The number of hydrogen-bond donors (Lipinski definition) is 2. The van der Waals surface area contributed by atoms with E-state index < -0.39 is 10.9 Å². The summed E-state index contributed by atoms with van der Waals surface area (Å²) in [5, 5.41) is 6.72. The molecule has 0 fully saturated rings. The van der Waals surface area contributed by atoms with E-state index in [1.165, 1.54) is 0 Å². The number of halogens is 1. The van der Waals surface area contributed by atoms with Crippen molar-refractivity contribution in [1.82, 2.24) is 4.98 Å². The Hall–Kier alpha value is -3.91. The predicted octanol–water partition coefficient (Wildman–Crippen LogP) is 5.64. The van der Waals surface area contributed by atoms with Crippen LogP contribution < -0.4 is 26.4 Å². The molecule has 0 saturated heterocycles. The quantitative estimate of drug-likeness (QED) is 0.318. The summed E-state index contributed by atoms with van der Waals surface area (Å²) in [5.74, 6) is 1.64. The molecule has 1 amide bonds. The topological polar surface area (TPSA) is 105 Å². The van der Waals surface area contributed by atoms with Crippen LogP contribution in [0.3, 0.4) is 0 Å². The first-order valence-electron chi connectivity index (χ1n) is 12.0. The van der Waals surface area contributed by atoms with Crippen molar-refractivity contribution in [3.05, 3.63) is 96.3 Å². The fourth-order valence-electron chi connectivity index (χ4n) is 4.60. The summed E-state index contributed by atoms with van der Waals surface area (Å²) in [4.78, 5) is 44.8. The molecule has 2 aromatic carbocycles. The zero-order valence-corrected chi connectivity index (χ0v) is 22.0. The van der Waals surface area contributed by atoms with E-state index in [4.69, 9.17) is 16.0 Å². The van der Waals surface area contributed by atoms with E-state index in [1.54, 1.807) is 23.1 Å². The summed E-state index contributed by atoms with van der Waals surface area (Å²) in [5.41, 5.74) is 0.814. The molecule has 0 spiro atoms. The number of carbonyl (C=O) groups excluding carboxylic acids is 1. The van der Waals surface area contributed by atoms with Crippen molar-refractivity contribution in [2.75, 3.05) is 15.5 Å². The third-order valence-electron chi connectivity index (χ3n) is 6.55. The molecular formula is C28H27ClN4O4. The minimum absolute atomic E-state index is 0.104. The highest BCUT2D eigenvalue weighted by Crippen LogP contribution is 2.40. The van der Waals surface area contributed by atoms with Crippen LogP contribution in [-0.2, 0) is 6.54 Å². The second kappa shape index (κ2) is 8.88. The monoisotopic (exact) mass is 518 g/mol. The number of pyridine rings is 1. The number of anilines is 4. The van der Waals surface area contributed by atoms with Crippen LogP contribution in [0.2, 0.25) is 5.02 Å². The lowest BCUT2D eigenvalue weighted by atomic mass is 9.85. The van der Waals surface area contributed by atoms with Gasteiger partial charge in [-0.1, -0.05) is 38.4 Å². The summed E-state index contributed by atoms with van der Waals surface area (Å²) in [6.45, 7) is 9.99. The van der Waals surface area contributed by atoms with Gasteiger partial charge in [0.1, 0.15) is 28.7 Å². The minimum atomic E-state index is -0.655. The van der Waals surface area contributed by atoms with Crippen molar-refractivity contribution in [3.63, 3.8) is 0 Å². The first-order chi connectivity index (χ1) is 17.5. The largest absolute Gasteiger partial charge is 0.464 e. The lowest BCUT2D eigenvalue weighted by Crippen LogP contribution is -2.39. The standard InChI is InChI=1S/C28H27ClN4O4/c1-14-7-6-8-20(30-14)33-13-16-17(29)10-11-18(21(16)27(33)36)31-22-23(25(35)24(22)34)32-26(28(3,4)5)19-12-9-15(2)37-19/h6-12,26,31-32H,13H2,1-5H3/t26-/m0/s1. The Labute approximate surface area is 219 Å². The number of furan rings is 1. The van der Waals surface area contributed by atoms with Gasteiger partial charge < -0.3 is 15.1 Å². The van der Waals surface area contributed by atoms with Gasteiger partial charge in [0.2, 0.25) is 0 Å². The van der Waals surface area contributed by atoms with Gasteiger partial charge in [0, 0.05) is 16.3 Å². The smallest absolute Gasteiger partial charge is 0.262 e. The van der Waals surface area contributed by atoms with Gasteiger partial charge >= 0.3 is 0 Å². The van der Waals surface area contributed by atoms with Crippen LogP contribution in [0.1, 0.15) is 59.9 Å². The molecule has 5 rings (SSSR count). The van der Waals surface area contributed by atoms with E-state index in [2.05, 4.69) is 15.6 Å². The summed E-state index contributed by atoms with van der Waals surface area (Å²) in [7, 11) is 0. The number of fused-ring (bicyclic) bond motifs is 1. The number of aryl methyl sites for hydroxylation is 2. The van der Waals surface area contributed by atoms with Crippen LogP contribution in [0.15, 0.2) is 56.5 Å². The van der Waals surface area contributed by atoms with Crippen molar-refractivity contribution in [1.29, 1.82) is 0 Å². The maximum Gasteiger partial charge on any atom is 0.262 e. The normalized spacial score (nSPS) is 14.2. The summed E-state index contributed by atoms with van der Waals surface area (Å²) < 4.78 is 5.83. The fourth-order valence-corrected chi connectivity index (χ4v) is 4.82. The molecular weight excluding hydrogens is 492 g/mol. The van der Waals surface area contributed by atoms with Gasteiger partial charge in [-0.15, -0.1) is 0 Å². The molecule has 3 heterocycles. The Morgan fingerprint density at radius 3 is 2.38 bits per heavy atom. The Balaban J connectivity index is 1.50. The van der Waals surface area contributed by atoms with E-state index in [-0.39, 0.29) is 35.3 Å². The van der Waals surface area contributed by atoms with Gasteiger partial charge in [0.25, 0.3) is 16.8 Å². The number of benzene rings is 1. The molecule has 2 N–H and O–H groups in total. The highest BCUT2D eigenvalue weighted by Gasteiger charge is 2.36. The van der Waals surface area contributed by atoms with Crippen molar-refractivity contribution in [2.45, 2.75) is 47.2 Å². The predicted molar refractivity (Wildman–Crippen MR) is 145 cm³/mol.